The molecule has 0 saturated carbocycles. The van der Waals surface area contributed by atoms with Gasteiger partial charge in [0.1, 0.15) is 49.7 Å². The van der Waals surface area contributed by atoms with E-state index < -0.39 is 0 Å². The highest BCUT2D eigenvalue weighted by Gasteiger charge is 2.33. The molecule has 4 aliphatic rings. The second-order valence-electron chi connectivity index (χ2n) is 25.3. The third kappa shape index (κ3) is 10.1. The van der Waals surface area contributed by atoms with Crippen molar-refractivity contribution < 1.29 is 9.47 Å². The smallest absolute Gasteiger partial charge is 0.129 e. The van der Waals surface area contributed by atoms with Gasteiger partial charge in [-0.15, -0.1) is 0 Å². The highest BCUT2D eigenvalue weighted by Crippen LogP contribution is 2.51. The van der Waals surface area contributed by atoms with Crippen molar-refractivity contribution in [1.82, 2.24) is 0 Å². The predicted molar refractivity (Wildman–Crippen MR) is 365 cm³/mol. The Labute approximate surface area is 517 Å². The average molecular weight is 1150 g/mol. The maximum Gasteiger partial charge on any atom is 0.129 e. The summed E-state index contributed by atoms with van der Waals surface area (Å²) in [6, 6.07) is 95.4. The van der Waals surface area contributed by atoms with Gasteiger partial charge in [-0.25, -0.2) is 0 Å². The van der Waals surface area contributed by atoms with E-state index in [-0.39, 0.29) is 10.8 Å². The largest absolute Gasteiger partial charge is 0.457 e. The van der Waals surface area contributed by atoms with Crippen molar-refractivity contribution in [3.8, 4) is 23.0 Å². The van der Waals surface area contributed by atoms with E-state index in [0.717, 1.165) is 79.9 Å². The van der Waals surface area contributed by atoms with E-state index in [2.05, 4.69) is 323 Å². The van der Waals surface area contributed by atoms with E-state index in [9.17, 15) is 0 Å². The molecular weight excluding hydrogens is 1080 g/mol. The van der Waals surface area contributed by atoms with E-state index in [0.29, 0.717) is 26.7 Å². The second-order valence-corrected chi connectivity index (χ2v) is 25.3. The van der Waals surface area contributed by atoms with Crippen LogP contribution in [0.15, 0.2) is 267 Å². The van der Waals surface area contributed by atoms with Crippen LogP contribution in [0.4, 0.5) is 91.0 Å². The maximum atomic E-state index is 6.74. The summed E-state index contributed by atoms with van der Waals surface area (Å²) in [5, 5.41) is 0. The van der Waals surface area contributed by atoms with Gasteiger partial charge in [-0.05, 0) is 168 Å². The molecule has 434 valence electrons. The number of hydrogen-bond acceptors (Lipinski definition) is 10. The fraction of sp³-hybridized carbons (Fsp3) is 0.154. The van der Waals surface area contributed by atoms with E-state index in [1.165, 1.54) is 45.3 Å². The summed E-state index contributed by atoms with van der Waals surface area (Å²) in [4.78, 5) is 19.1. The van der Waals surface area contributed by atoms with Crippen LogP contribution in [0.2, 0.25) is 0 Å². The number of ether oxygens (including phenoxy) is 2. The number of para-hydroxylation sites is 8. The van der Waals surface area contributed by atoms with E-state index in [1.54, 1.807) is 0 Å². The van der Waals surface area contributed by atoms with Gasteiger partial charge in [0.05, 0.1) is 45.5 Å². The summed E-state index contributed by atoms with van der Waals surface area (Å²) in [6.07, 6.45) is 0. The van der Waals surface area contributed by atoms with Gasteiger partial charge >= 0.3 is 0 Å². The van der Waals surface area contributed by atoms with E-state index in [1.807, 2.05) is 24.3 Å². The topological polar surface area (TPSA) is 44.4 Å². The van der Waals surface area contributed by atoms with Crippen molar-refractivity contribution in [2.24, 2.45) is 0 Å². The molecule has 0 N–H and O–H groups in total. The summed E-state index contributed by atoms with van der Waals surface area (Å²) in [6.45, 7) is 16.3. The fourth-order valence-electron chi connectivity index (χ4n) is 12.8. The number of anilines is 16. The van der Waals surface area contributed by atoms with Crippen molar-refractivity contribution in [1.29, 1.82) is 0 Å². The maximum absolute atomic E-state index is 6.74. The summed E-state index contributed by atoms with van der Waals surface area (Å²) >= 11 is 0. The minimum absolute atomic E-state index is 0.0502. The Morgan fingerprint density at radius 2 is 0.420 bits per heavy atom. The predicted octanol–water partition coefficient (Wildman–Crippen LogP) is 20.9. The Morgan fingerprint density at radius 1 is 0.216 bits per heavy atom. The van der Waals surface area contributed by atoms with Gasteiger partial charge in [0.25, 0.3) is 0 Å². The molecule has 4 heterocycles. The van der Waals surface area contributed by atoms with Crippen molar-refractivity contribution in [3.63, 3.8) is 0 Å². The number of benzene rings is 11. The standard InChI is InChI=1S/C78H70N8O2/c1-77(2,3)55-21-15-23-59(45-55)81-53-85(75-39-13-11-37-73(75)81)63-27-19-31-67(49-63)87-65-29-17-25-61(47-65)83-51-79(69-33-7-9-35-71(69)83)57-41-43-58(44-42-57)80-52-84(72-36-10-8-34-70(72)80)62-26-18-30-66(48-62)88-68-32-20-28-64(50-68)86-54-82(74-38-12-14-40-76(74)86)60-24-16-22-56(46-60)78(4,5)6/h7-50H,51-54H2,1-6H3. The minimum atomic E-state index is 0.0502. The average Bonchev–Trinajstić information content (AvgIpc) is 1.87. The van der Waals surface area contributed by atoms with Crippen LogP contribution < -0.4 is 48.7 Å². The lowest BCUT2D eigenvalue weighted by Gasteiger charge is -2.25. The Morgan fingerprint density at radius 3 is 0.648 bits per heavy atom. The van der Waals surface area contributed by atoms with Gasteiger partial charge in [0.15, 0.2) is 0 Å². The zero-order valence-electron chi connectivity index (χ0n) is 50.6. The quantitative estimate of drug-likeness (QED) is 0.118. The van der Waals surface area contributed by atoms with Crippen molar-refractivity contribution in [3.05, 3.63) is 278 Å². The Bertz CT molecular complexity index is 4130. The van der Waals surface area contributed by atoms with Gasteiger partial charge in [0, 0.05) is 69.8 Å². The lowest BCUT2D eigenvalue weighted by molar-refractivity contribution is 0.482. The molecule has 0 spiro atoms. The zero-order valence-corrected chi connectivity index (χ0v) is 50.6. The molecule has 10 heteroatoms. The third-order valence-corrected chi connectivity index (χ3v) is 17.5. The molecule has 4 aliphatic heterocycles. The van der Waals surface area contributed by atoms with Gasteiger partial charge < -0.3 is 48.7 Å². The van der Waals surface area contributed by atoms with Crippen LogP contribution in [0, 0.1) is 0 Å². The van der Waals surface area contributed by atoms with Gasteiger partial charge in [0.2, 0.25) is 0 Å². The van der Waals surface area contributed by atoms with Crippen LogP contribution in [0.1, 0.15) is 52.7 Å². The van der Waals surface area contributed by atoms with Crippen molar-refractivity contribution in [2.45, 2.75) is 52.4 Å². The molecule has 0 saturated heterocycles. The summed E-state index contributed by atoms with van der Waals surface area (Å²) < 4.78 is 13.5. The molecule has 0 radical (unpaired) electrons. The molecule has 15 rings (SSSR count). The minimum Gasteiger partial charge on any atom is -0.457 e. The highest BCUT2D eigenvalue weighted by molar-refractivity contribution is 5.92. The van der Waals surface area contributed by atoms with Crippen LogP contribution in [0.5, 0.6) is 23.0 Å². The third-order valence-electron chi connectivity index (χ3n) is 17.5. The van der Waals surface area contributed by atoms with Gasteiger partial charge in [-0.2, -0.15) is 0 Å². The first-order valence-corrected chi connectivity index (χ1v) is 30.5. The van der Waals surface area contributed by atoms with Crippen LogP contribution in [-0.4, -0.2) is 26.7 Å². The number of rotatable bonds is 12. The van der Waals surface area contributed by atoms with Crippen LogP contribution >= 0.6 is 0 Å². The van der Waals surface area contributed by atoms with Gasteiger partial charge in [-0.3, -0.25) is 0 Å². The van der Waals surface area contributed by atoms with E-state index in [4.69, 9.17) is 9.47 Å². The first-order valence-electron chi connectivity index (χ1n) is 30.5. The van der Waals surface area contributed by atoms with Crippen LogP contribution in [-0.2, 0) is 10.8 Å². The Hall–Kier alpha value is -10.6. The molecule has 0 unspecified atom stereocenters. The fourth-order valence-corrected chi connectivity index (χ4v) is 12.8. The Kier molecular flexibility index (Phi) is 13.4. The lowest BCUT2D eigenvalue weighted by atomic mass is 9.87. The molecule has 0 aliphatic carbocycles. The number of nitrogens with zero attached hydrogens (tertiary/aromatic N) is 8. The zero-order chi connectivity index (χ0) is 59.7. The molecule has 11 aromatic carbocycles. The summed E-state index contributed by atoms with van der Waals surface area (Å²) in [5.41, 5.74) is 20.9. The first-order chi connectivity index (χ1) is 42.8. The van der Waals surface area contributed by atoms with Gasteiger partial charge in [-0.1, -0.05) is 139 Å². The molecule has 88 heavy (non-hydrogen) atoms. The van der Waals surface area contributed by atoms with E-state index >= 15 is 0 Å². The first kappa shape index (κ1) is 54.1. The normalized spacial score (nSPS) is 14.3. The number of hydrogen-bond donors (Lipinski definition) is 0. The summed E-state index contributed by atoms with van der Waals surface area (Å²) in [7, 11) is 0. The SMILES string of the molecule is CC(C)(C)c1cccc(N2CN(c3cccc(Oc4cccc(N5CN(c6ccc(N7CN(c8cccc(Oc9cccc(N%10CN(c%11cccc(C(C)(C)C)c%11)c%11ccccc%11%10)c9)c8)c8ccccc87)cc6)c6ccccc65)c4)c3)c3ccccc32)c1. The highest BCUT2D eigenvalue weighted by atomic mass is 16.5. The molecule has 0 fully saturated rings. The monoisotopic (exact) mass is 1150 g/mol. The van der Waals surface area contributed by atoms with Crippen molar-refractivity contribution in [2.75, 3.05) is 65.9 Å². The molecule has 0 aromatic heterocycles. The molecule has 0 bridgehead atoms. The van der Waals surface area contributed by atoms with Crippen LogP contribution in [0.3, 0.4) is 0 Å². The molecule has 11 aromatic rings. The molecule has 0 atom stereocenters. The molecule has 10 nitrogen and oxygen atoms in total. The number of fused-ring (bicyclic) bond motifs is 4. The van der Waals surface area contributed by atoms with Crippen molar-refractivity contribution >= 4 is 91.0 Å². The molecular formula is C78H70N8O2. The van der Waals surface area contributed by atoms with Crippen LogP contribution in [0.25, 0.3) is 0 Å². The summed E-state index contributed by atoms with van der Waals surface area (Å²) in [5.74, 6) is 3.11. The Balaban J connectivity index is 0.631. The lowest BCUT2D eigenvalue weighted by Crippen LogP contribution is -2.25. The molecule has 0 amide bonds. The second kappa shape index (κ2) is 21.7.